The van der Waals surface area contributed by atoms with Gasteiger partial charge in [0.15, 0.2) is 9.84 Å². The lowest BCUT2D eigenvalue weighted by Crippen LogP contribution is -2.29. The van der Waals surface area contributed by atoms with E-state index in [1.165, 1.54) is 18.6 Å². The topological polar surface area (TPSA) is 89.3 Å². The van der Waals surface area contributed by atoms with E-state index in [4.69, 9.17) is 0 Å². The molecule has 2 unspecified atom stereocenters. The molecule has 0 aliphatic heterocycles. The van der Waals surface area contributed by atoms with Crippen LogP contribution in [0.3, 0.4) is 0 Å². The van der Waals surface area contributed by atoms with Crippen LogP contribution in [0.2, 0.25) is 0 Å². The summed E-state index contributed by atoms with van der Waals surface area (Å²) in [6.45, 7) is 0. The number of non-ortho nitro benzene ring substituents is 1. The number of nitrogens with one attached hydrogen (secondary N) is 1. The molecule has 6 nitrogen and oxygen atoms in total. The van der Waals surface area contributed by atoms with Gasteiger partial charge in [-0.25, -0.2) is 8.42 Å². The molecular formula is C14H20N2O4S2. The molecule has 1 saturated carbocycles. The Labute approximate surface area is 134 Å². The van der Waals surface area contributed by atoms with Gasteiger partial charge in [-0.05, 0) is 31.6 Å². The summed E-state index contributed by atoms with van der Waals surface area (Å²) in [4.78, 5) is 10.3. The molecule has 0 radical (unpaired) electrons. The summed E-state index contributed by atoms with van der Waals surface area (Å²) in [5, 5.41) is 14.7. The molecule has 0 saturated heterocycles. The Morgan fingerprint density at radius 1 is 1.36 bits per heavy atom. The van der Waals surface area contributed by atoms with Crippen LogP contribution >= 0.6 is 11.8 Å². The molecule has 0 amide bonds. The molecular weight excluding hydrogens is 324 g/mol. The molecule has 2 atom stereocenters. The Kier molecular flexibility index (Phi) is 5.33. The van der Waals surface area contributed by atoms with Gasteiger partial charge in [0.05, 0.1) is 15.5 Å². The van der Waals surface area contributed by atoms with Gasteiger partial charge >= 0.3 is 0 Å². The van der Waals surface area contributed by atoms with Crippen LogP contribution in [-0.4, -0.2) is 37.1 Å². The van der Waals surface area contributed by atoms with Crippen LogP contribution in [0.15, 0.2) is 23.1 Å². The molecule has 122 valence electrons. The lowest BCUT2D eigenvalue weighted by atomic mass is 9.95. The van der Waals surface area contributed by atoms with Gasteiger partial charge < -0.3 is 5.32 Å². The number of hydrogen-bond donors (Lipinski definition) is 1. The molecule has 1 aromatic rings. The van der Waals surface area contributed by atoms with Crippen molar-refractivity contribution in [3.8, 4) is 0 Å². The van der Waals surface area contributed by atoms with Crippen molar-refractivity contribution in [1.29, 1.82) is 0 Å². The number of nitro groups is 1. The summed E-state index contributed by atoms with van der Waals surface area (Å²) in [5.41, 5.74) is 0.247. The van der Waals surface area contributed by atoms with Crippen LogP contribution in [0.5, 0.6) is 0 Å². The Morgan fingerprint density at radius 2 is 2.09 bits per heavy atom. The fourth-order valence-corrected chi connectivity index (χ4v) is 4.45. The maximum atomic E-state index is 11.9. The summed E-state index contributed by atoms with van der Waals surface area (Å²) in [5.74, 6) is 0. The zero-order chi connectivity index (χ0) is 16.3. The Balaban J connectivity index is 2.28. The summed E-state index contributed by atoms with van der Waals surface area (Å²) in [7, 11) is -3.53. The highest BCUT2D eigenvalue weighted by Gasteiger charge is 2.24. The second kappa shape index (κ2) is 6.87. The molecule has 1 aromatic carbocycles. The van der Waals surface area contributed by atoms with E-state index in [0.29, 0.717) is 10.9 Å². The van der Waals surface area contributed by atoms with Gasteiger partial charge in [-0.15, -0.1) is 0 Å². The number of benzene rings is 1. The van der Waals surface area contributed by atoms with Crippen LogP contribution in [0, 0.1) is 10.1 Å². The number of hydrogen-bond acceptors (Lipinski definition) is 6. The van der Waals surface area contributed by atoms with Crippen LogP contribution in [-0.2, 0) is 9.84 Å². The van der Waals surface area contributed by atoms with Crippen molar-refractivity contribution in [3.63, 3.8) is 0 Å². The van der Waals surface area contributed by atoms with Crippen molar-refractivity contribution in [2.75, 3.05) is 17.8 Å². The fraction of sp³-hybridized carbons (Fsp3) is 0.571. The zero-order valence-corrected chi connectivity index (χ0v) is 14.2. The maximum absolute atomic E-state index is 11.9. The Bertz CT molecular complexity index is 661. The predicted molar refractivity (Wildman–Crippen MR) is 89.4 cm³/mol. The van der Waals surface area contributed by atoms with Crippen molar-refractivity contribution >= 4 is 33.0 Å². The second-order valence-electron chi connectivity index (χ2n) is 5.58. The largest absolute Gasteiger partial charge is 0.381 e. The summed E-state index contributed by atoms with van der Waals surface area (Å²) in [6.07, 6.45) is 7.39. The van der Waals surface area contributed by atoms with E-state index in [0.717, 1.165) is 31.6 Å². The molecule has 22 heavy (non-hydrogen) atoms. The monoisotopic (exact) mass is 344 g/mol. The lowest BCUT2D eigenvalue weighted by Gasteiger charge is -2.29. The number of anilines is 1. The minimum Gasteiger partial charge on any atom is -0.381 e. The quantitative estimate of drug-likeness (QED) is 0.652. The van der Waals surface area contributed by atoms with Crippen molar-refractivity contribution in [2.24, 2.45) is 0 Å². The fourth-order valence-electron chi connectivity index (χ4n) is 2.76. The van der Waals surface area contributed by atoms with E-state index < -0.39 is 14.8 Å². The zero-order valence-electron chi connectivity index (χ0n) is 12.6. The Hall–Kier alpha value is -1.28. The highest BCUT2D eigenvalue weighted by molar-refractivity contribution is 7.99. The summed E-state index contributed by atoms with van der Waals surface area (Å²) >= 11 is 1.83. The Morgan fingerprint density at radius 3 is 2.68 bits per heavy atom. The highest BCUT2D eigenvalue weighted by atomic mass is 32.2. The third kappa shape index (κ3) is 4.13. The molecule has 0 spiro atoms. The van der Waals surface area contributed by atoms with Crippen LogP contribution in [0.25, 0.3) is 0 Å². The van der Waals surface area contributed by atoms with E-state index in [1.54, 1.807) is 0 Å². The van der Waals surface area contributed by atoms with Gasteiger partial charge in [-0.3, -0.25) is 10.1 Å². The van der Waals surface area contributed by atoms with Crippen molar-refractivity contribution in [2.45, 2.75) is 41.9 Å². The van der Waals surface area contributed by atoms with E-state index in [-0.39, 0.29) is 16.6 Å². The average Bonchev–Trinajstić information content (AvgIpc) is 2.46. The number of sulfone groups is 1. The van der Waals surface area contributed by atoms with Gasteiger partial charge in [0.25, 0.3) is 5.69 Å². The molecule has 0 bridgehead atoms. The van der Waals surface area contributed by atoms with Crippen LogP contribution < -0.4 is 5.32 Å². The maximum Gasteiger partial charge on any atom is 0.270 e. The molecule has 8 heteroatoms. The lowest BCUT2D eigenvalue weighted by molar-refractivity contribution is -0.385. The minimum atomic E-state index is -3.53. The van der Waals surface area contributed by atoms with E-state index >= 15 is 0 Å². The number of rotatable bonds is 5. The molecule has 1 N–H and O–H groups in total. The average molecular weight is 344 g/mol. The minimum absolute atomic E-state index is 0.00650. The van der Waals surface area contributed by atoms with Gasteiger partial charge in [0.2, 0.25) is 0 Å². The molecule has 0 heterocycles. The summed E-state index contributed by atoms with van der Waals surface area (Å²) < 4.78 is 23.8. The first-order valence-electron chi connectivity index (χ1n) is 7.09. The number of nitrogens with zero attached hydrogens (tertiary/aromatic N) is 1. The normalized spacial score (nSPS) is 22.3. The van der Waals surface area contributed by atoms with E-state index in [9.17, 15) is 18.5 Å². The summed E-state index contributed by atoms with van der Waals surface area (Å²) in [6, 6.07) is 4.17. The van der Waals surface area contributed by atoms with Gasteiger partial charge in [-0.1, -0.05) is 6.42 Å². The second-order valence-corrected chi connectivity index (χ2v) is 8.70. The van der Waals surface area contributed by atoms with E-state index in [1.807, 2.05) is 11.8 Å². The highest BCUT2D eigenvalue weighted by Crippen LogP contribution is 2.32. The molecule has 1 aliphatic carbocycles. The third-order valence-corrected chi connectivity index (χ3v) is 6.13. The van der Waals surface area contributed by atoms with E-state index in [2.05, 4.69) is 11.6 Å². The van der Waals surface area contributed by atoms with Gasteiger partial charge in [0, 0.05) is 29.7 Å². The molecule has 1 aliphatic rings. The smallest absolute Gasteiger partial charge is 0.270 e. The number of nitro benzene ring substituents is 1. The third-order valence-electron chi connectivity index (χ3n) is 3.89. The first kappa shape index (κ1) is 17.1. The molecule has 1 fully saturated rings. The number of thioether (sulfide) groups is 1. The van der Waals surface area contributed by atoms with Crippen LogP contribution in [0.1, 0.15) is 25.7 Å². The van der Waals surface area contributed by atoms with Crippen molar-refractivity contribution in [3.05, 3.63) is 28.3 Å². The SMILES string of the molecule is CSC1CCCC(Nc2ccc([N+](=O)[O-])cc2S(C)(=O)=O)C1. The molecule has 0 aromatic heterocycles. The first-order chi connectivity index (χ1) is 10.3. The standard InChI is InChI=1S/C14H20N2O4S2/c1-21-12-5-3-4-10(8-12)15-13-7-6-11(16(17)18)9-14(13)22(2,19)20/h6-7,9-10,12,15H,3-5,8H2,1-2H3. The molecule has 2 rings (SSSR count). The first-order valence-corrected chi connectivity index (χ1v) is 10.3. The van der Waals surface area contributed by atoms with Gasteiger partial charge in [-0.2, -0.15) is 11.8 Å². The van der Waals surface area contributed by atoms with Crippen molar-refractivity contribution in [1.82, 2.24) is 0 Å². The van der Waals surface area contributed by atoms with Crippen LogP contribution in [0.4, 0.5) is 11.4 Å². The van der Waals surface area contributed by atoms with Gasteiger partial charge in [0.1, 0.15) is 0 Å². The van der Waals surface area contributed by atoms with Crippen molar-refractivity contribution < 1.29 is 13.3 Å². The predicted octanol–water partition coefficient (Wildman–Crippen LogP) is 3.08.